The number of nitrogens with one attached hydrogen (secondary N) is 1. The second-order valence-corrected chi connectivity index (χ2v) is 4.94. The number of nitrogens with zero attached hydrogens (tertiary/aromatic N) is 3. The largest absolute Gasteiger partial charge is 0.389 e. The summed E-state index contributed by atoms with van der Waals surface area (Å²) in [7, 11) is 1.52. The van der Waals surface area contributed by atoms with E-state index in [-0.39, 0.29) is 6.54 Å². The molecular weight excluding hydrogens is 258 g/mol. The minimum absolute atomic E-state index is 0.143. The zero-order valence-corrected chi connectivity index (χ0v) is 11.1. The summed E-state index contributed by atoms with van der Waals surface area (Å²) in [4.78, 5) is 13.0. The second kappa shape index (κ2) is 5.96. The molecule has 1 aromatic heterocycles. The lowest BCUT2D eigenvalue weighted by Crippen LogP contribution is -2.41. The standard InChI is InChI=1S/C11H18F2N4O2/c1-11(2,19)7-16(3)10(18)15-8-4-14-17(5-8)6-9(12)13/h4-5,9,19H,6-7H2,1-3H3,(H,15,18). The molecule has 2 N–H and O–H groups in total. The van der Waals surface area contributed by atoms with Crippen LogP contribution in [0.1, 0.15) is 13.8 Å². The molecule has 0 saturated carbocycles. The molecule has 0 radical (unpaired) electrons. The summed E-state index contributed by atoms with van der Waals surface area (Å²) in [5, 5.41) is 15.8. The van der Waals surface area contributed by atoms with Crippen LogP contribution in [0.5, 0.6) is 0 Å². The number of aromatic nitrogens is 2. The van der Waals surface area contributed by atoms with Gasteiger partial charge < -0.3 is 15.3 Å². The topological polar surface area (TPSA) is 70.4 Å². The van der Waals surface area contributed by atoms with Crippen molar-refractivity contribution < 1.29 is 18.7 Å². The van der Waals surface area contributed by atoms with Crippen LogP contribution in [-0.4, -0.2) is 51.4 Å². The van der Waals surface area contributed by atoms with Crippen LogP contribution in [0.4, 0.5) is 19.3 Å². The number of urea groups is 1. The van der Waals surface area contributed by atoms with Gasteiger partial charge in [0.15, 0.2) is 0 Å². The number of aliphatic hydroxyl groups is 1. The van der Waals surface area contributed by atoms with E-state index in [4.69, 9.17) is 0 Å². The first-order valence-electron chi connectivity index (χ1n) is 5.72. The van der Waals surface area contributed by atoms with Gasteiger partial charge >= 0.3 is 6.03 Å². The van der Waals surface area contributed by atoms with Gasteiger partial charge in [-0.25, -0.2) is 13.6 Å². The summed E-state index contributed by atoms with van der Waals surface area (Å²) in [5.74, 6) is 0. The quantitative estimate of drug-likeness (QED) is 0.853. The average Bonchev–Trinajstić information content (AvgIpc) is 2.61. The van der Waals surface area contributed by atoms with Crippen LogP contribution >= 0.6 is 0 Å². The van der Waals surface area contributed by atoms with E-state index in [1.54, 1.807) is 13.8 Å². The van der Waals surface area contributed by atoms with Gasteiger partial charge in [-0.1, -0.05) is 0 Å². The Morgan fingerprint density at radius 2 is 2.26 bits per heavy atom. The summed E-state index contributed by atoms with van der Waals surface area (Å²) in [6.45, 7) is 2.79. The van der Waals surface area contributed by atoms with Gasteiger partial charge in [0.1, 0.15) is 6.54 Å². The lowest BCUT2D eigenvalue weighted by Gasteiger charge is -2.25. The molecule has 0 bridgehead atoms. The highest BCUT2D eigenvalue weighted by Gasteiger charge is 2.19. The molecule has 0 aromatic carbocycles. The molecule has 0 fully saturated rings. The van der Waals surface area contributed by atoms with E-state index in [0.29, 0.717) is 5.69 Å². The fourth-order valence-corrected chi connectivity index (χ4v) is 1.54. The number of carbonyl (C=O) groups is 1. The highest BCUT2D eigenvalue weighted by molar-refractivity contribution is 5.88. The molecule has 0 aliphatic carbocycles. The maximum absolute atomic E-state index is 12.1. The smallest absolute Gasteiger partial charge is 0.321 e. The van der Waals surface area contributed by atoms with E-state index in [1.165, 1.54) is 24.3 Å². The first kappa shape index (κ1) is 15.4. The third-order valence-electron chi connectivity index (χ3n) is 2.18. The molecule has 0 unspecified atom stereocenters. The maximum Gasteiger partial charge on any atom is 0.321 e. The Kier molecular flexibility index (Phi) is 4.82. The van der Waals surface area contributed by atoms with E-state index >= 15 is 0 Å². The summed E-state index contributed by atoms with van der Waals surface area (Å²) in [6, 6.07) is -0.446. The van der Waals surface area contributed by atoms with E-state index in [0.717, 1.165) is 4.68 Å². The minimum Gasteiger partial charge on any atom is -0.389 e. The van der Waals surface area contributed by atoms with Gasteiger partial charge in [-0.3, -0.25) is 4.68 Å². The van der Waals surface area contributed by atoms with Crippen LogP contribution in [0.3, 0.4) is 0 Å². The Hall–Kier alpha value is -1.70. The maximum atomic E-state index is 12.1. The molecule has 8 heteroatoms. The zero-order chi connectivity index (χ0) is 14.6. The fraction of sp³-hybridized carbons (Fsp3) is 0.636. The number of anilines is 1. The molecule has 0 aliphatic rings. The molecule has 2 amide bonds. The van der Waals surface area contributed by atoms with Gasteiger partial charge in [0.25, 0.3) is 6.43 Å². The van der Waals surface area contributed by atoms with E-state index < -0.39 is 24.6 Å². The lowest BCUT2D eigenvalue weighted by molar-refractivity contribution is 0.0550. The van der Waals surface area contributed by atoms with Crippen LogP contribution in [0.25, 0.3) is 0 Å². The Morgan fingerprint density at radius 3 is 2.79 bits per heavy atom. The SMILES string of the molecule is CN(CC(C)(C)O)C(=O)Nc1cnn(CC(F)F)c1. The van der Waals surface area contributed by atoms with Crippen LogP contribution in [0.2, 0.25) is 0 Å². The molecule has 6 nitrogen and oxygen atoms in total. The van der Waals surface area contributed by atoms with E-state index in [1.807, 2.05) is 0 Å². The lowest BCUT2D eigenvalue weighted by atomic mass is 10.1. The normalized spacial score (nSPS) is 11.7. The van der Waals surface area contributed by atoms with Crippen molar-refractivity contribution in [2.45, 2.75) is 32.4 Å². The van der Waals surface area contributed by atoms with Gasteiger partial charge in [0, 0.05) is 13.2 Å². The van der Waals surface area contributed by atoms with Gasteiger partial charge in [-0.05, 0) is 13.8 Å². The Morgan fingerprint density at radius 1 is 1.63 bits per heavy atom. The third kappa shape index (κ3) is 5.64. The molecule has 0 saturated heterocycles. The molecule has 1 aromatic rings. The number of hydrogen-bond acceptors (Lipinski definition) is 3. The third-order valence-corrected chi connectivity index (χ3v) is 2.18. The predicted octanol–water partition coefficient (Wildman–Crippen LogP) is 1.38. The van der Waals surface area contributed by atoms with Gasteiger partial charge in [-0.15, -0.1) is 0 Å². The number of alkyl halides is 2. The van der Waals surface area contributed by atoms with Gasteiger partial charge in [-0.2, -0.15) is 5.10 Å². The number of likely N-dealkylation sites (N-methyl/N-ethyl adjacent to an activating group) is 1. The van der Waals surface area contributed by atoms with Crippen molar-refractivity contribution >= 4 is 11.7 Å². The van der Waals surface area contributed by atoms with Crippen molar-refractivity contribution in [3.8, 4) is 0 Å². The van der Waals surface area contributed by atoms with Gasteiger partial charge in [0.05, 0.1) is 24.0 Å². The van der Waals surface area contributed by atoms with Crippen molar-refractivity contribution in [1.29, 1.82) is 0 Å². The van der Waals surface area contributed by atoms with E-state index in [2.05, 4.69) is 10.4 Å². The summed E-state index contributed by atoms with van der Waals surface area (Å²) < 4.78 is 25.3. The number of rotatable bonds is 5. The molecule has 0 spiro atoms. The van der Waals surface area contributed by atoms with Crippen molar-refractivity contribution in [1.82, 2.24) is 14.7 Å². The summed E-state index contributed by atoms with van der Waals surface area (Å²) in [5.41, 5.74) is -0.681. The molecule has 0 atom stereocenters. The average molecular weight is 276 g/mol. The molecule has 1 heterocycles. The van der Waals surface area contributed by atoms with Crippen LogP contribution < -0.4 is 5.32 Å². The summed E-state index contributed by atoms with van der Waals surface area (Å²) in [6.07, 6.45) is 0.113. The van der Waals surface area contributed by atoms with Crippen LogP contribution in [0.15, 0.2) is 12.4 Å². The first-order valence-corrected chi connectivity index (χ1v) is 5.72. The van der Waals surface area contributed by atoms with Crippen molar-refractivity contribution in [2.24, 2.45) is 0 Å². The predicted molar refractivity (Wildman–Crippen MR) is 66.2 cm³/mol. The molecule has 0 aliphatic heterocycles. The Balaban J connectivity index is 2.54. The Labute approximate surface area is 110 Å². The summed E-state index contributed by atoms with van der Waals surface area (Å²) >= 11 is 0. The van der Waals surface area contributed by atoms with Crippen molar-refractivity contribution in [3.63, 3.8) is 0 Å². The zero-order valence-electron chi connectivity index (χ0n) is 11.1. The number of amides is 2. The monoisotopic (exact) mass is 276 g/mol. The molecule has 108 valence electrons. The molecule has 19 heavy (non-hydrogen) atoms. The van der Waals surface area contributed by atoms with Crippen LogP contribution in [0, 0.1) is 0 Å². The Bertz CT molecular complexity index is 429. The van der Waals surface area contributed by atoms with Crippen molar-refractivity contribution in [3.05, 3.63) is 12.4 Å². The number of hydrogen-bond donors (Lipinski definition) is 2. The number of carbonyl (C=O) groups excluding carboxylic acids is 1. The second-order valence-electron chi connectivity index (χ2n) is 4.94. The molecular formula is C11H18F2N4O2. The molecule has 1 rings (SSSR count). The highest BCUT2D eigenvalue weighted by atomic mass is 19.3. The van der Waals surface area contributed by atoms with Crippen molar-refractivity contribution in [2.75, 3.05) is 18.9 Å². The minimum atomic E-state index is -2.50. The first-order chi connectivity index (χ1) is 8.67. The van der Waals surface area contributed by atoms with Gasteiger partial charge in [0.2, 0.25) is 0 Å². The highest BCUT2D eigenvalue weighted by Crippen LogP contribution is 2.09. The fourth-order valence-electron chi connectivity index (χ4n) is 1.54. The van der Waals surface area contributed by atoms with Crippen LogP contribution in [-0.2, 0) is 6.54 Å². The van der Waals surface area contributed by atoms with E-state index in [9.17, 15) is 18.7 Å². The number of halogens is 2.